The minimum absolute atomic E-state index is 0.101. The van der Waals surface area contributed by atoms with E-state index in [4.69, 9.17) is 24.0 Å². The fourth-order valence-corrected chi connectivity index (χ4v) is 3.65. The van der Waals surface area contributed by atoms with Crippen LogP contribution in [0.2, 0.25) is 0 Å². The first kappa shape index (κ1) is 20.7. The van der Waals surface area contributed by atoms with Crippen LogP contribution in [0.15, 0.2) is 48.7 Å². The van der Waals surface area contributed by atoms with E-state index in [1.54, 1.807) is 27.5 Å². The van der Waals surface area contributed by atoms with E-state index in [1.165, 1.54) is 5.56 Å². The van der Waals surface area contributed by atoms with Gasteiger partial charge in [-0.05, 0) is 12.5 Å². The van der Waals surface area contributed by atoms with Gasteiger partial charge in [-0.2, -0.15) is 4.98 Å². The lowest BCUT2D eigenvalue weighted by molar-refractivity contribution is 0.156. The molecule has 0 bridgehead atoms. The van der Waals surface area contributed by atoms with Crippen LogP contribution in [0.3, 0.4) is 0 Å². The SMILES string of the molecule is COc1cc(Nc2ncc(C)c(N3OCCC3c3ccccc3)n2)cc(OC)c1OC. The quantitative estimate of drug-likeness (QED) is 0.599. The van der Waals surface area contributed by atoms with Crippen LogP contribution in [-0.2, 0) is 4.84 Å². The van der Waals surface area contributed by atoms with Gasteiger partial charge in [0.15, 0.2) is 17.3 Å². The van der Waals surface area contributed by atoms with E-state index < -0.39 is 0 Å². The van der Waals surface area contributed by atoms with Crippen LogP contribution < -0.4 is 24.6 Å². The molecule has 0 spiro atoms. The molecule has 1 saturated heterocycles. The summed E-state index contributed by atoms with van der Waals surface area (Å²) in [6, 6.07) is 14.0. The Labute approximate surface area is 181 Å². The largest absolute Gasteiger partial charge is 0.493 e. The van der Waals surface area contributed by atoms with Crippen molar-refractivity contribution in [3.05, 3.63) is 59.8 Å². The molecule has 1 unspecified atom stereocenters. The predicted octanol–water partition coefficient (Wildman–Crippen LogP) is 4.44. The van der Waals surface area contributed by atoms with E-state index in [0.717, 1.165) is 17.8 Å². The summed E-state index contributed by atoms with van der Waals surface area (Å²) in [5.41, 5.74) is 2.83. The van der Waals surface area contributed by atoms with Crippen molar-refractivity contribution < 1.29 is 19.0 Å². The standard InChI is InChI=1S/C23H26N4O4/c1-15-14-24-23(25-17-12-19(28-2)21(30-4)20(13-17)29-3)26-22(15)27-18(10-11-31-27)16-8-6-5-7-9-16/h5-9,12-14,18H,10-11H2,1-4H3,(H,24,25,26). The third-order valence-corrected chi connectivity index (χ3v) is 5.16. The molecule has 0 aliphatic carbocycles. The number of anilines is 3. The molecular formula is C23H26N4O4. The van der Waals surface area contributed by atoms with Crippen LogP contribution in [-0.4, -0.2) is 37.9 Å². The summed E-state index contributed by atoms with van der Waals surface area (Å²) in [6.07, 6.45) is 2.68. The number of aromatic nitrogens is 2. The molecule has 2 heterocycles. The zero-order valence-electron chi connectivity index (χ0n) is 18.1. The Balaban J connectivity index is 1.64. The van der Waals surface area contributed by atoms with Crippen molar-refractivity contribution in [2.45, 2.75) is 19.4 Å². The lowest BCUT2D eigenvalue weighted by Crippen LogP contribution is -2.23. The zero-order chi connectivity index (χ0) is 21.8. The van der Waals surface area contributed by atoms with Crippen molar-refractivity contribution in [1.29, 1.82) is 0 Å². The molecule has 1 N–H and O–H groups in total. The molecule has 2 aromatic carbocycles. The average molecular weight is 422 g/mol. The molecule has 4 rings (SSSR count). The summed E-state index contributed by atoms with van der Waals surface area (Å²) in [5.74, 6) is 2.79. The monoisotopic (exact) mass is 422 g/mol. The molecule has 1 atom stereocenters. The molecule has 0 amide bonds. The summed E-state index contributed by atoms with van der Waals surface area (Å²) < 4.78 is 16.2. The molecule has 3 aromatic rings. The van der Waals surface area contributed by atoms with Gasteiger partial charge in [0.2, 0.25) is 11.7 Å². The number of aryl methyl sites for hydroxylation is 1. The lowest BCUT2D eigenvalue weighted by atomic mass is 10.0. The van der Waals surface area contributed by atoms with Crippen molar-refractivity contribution >= 4 is 17.5 Å². The molecule has 0 saturated carbocycles. The van der Waals surface area contributed by atoms with Gasteiger partial charge in [0.1, 0.15) is 0 Å². The van der Waals surface area contributed by atoms with Gasteiger partial charge in [-0.3, -0.25) is 4.84 Å². The maximum atomic E-state index is 5.95. The molecule has 8 heteroatoms. The van der Waals surface area contributed by atoms with Gasteiger partial charge in [-0.25, -0.2) is 10.0 Å². The van der Waals surface area contributed by atoms with Crippen LogP contribution in [0.1, 0.15) is 23.6 Å². The highest BCUT2D eigenvalue weighted by atomic mass is 16.7. The molecule has 1 aromatic heterocycles. The Morgan fingerprint density at radius 3 is 2.39 bits per heavy atom. The summed E-state index contributed by atoms with van der Waals surface area (Å²) in [6.45, 7) is 2.61. The second-order valence-electron chi connectivity index (χ2n) is 7.11. The maximum Gasteiger partial charge on any atom is 0.229 e. The van der Waals surface area contributed by atoms with Crippen molar-refractivity contribution in [2.24, 2.45) is 0 Å². The summed E-state index contributed by atoms with van der Waals surface area (Å²) in [5, 5.41) is 5.11. The van der Waals surface area contributed by atoms with Crippen molar-refractivity contribution in [1.82, 2.24) is 9.97 Å². The maximum absolute atomic E-state index is 5.95. The smallest absolute Gasteiger partial charge is 0.229 e. The van der Waals surface area contributed by atoms with E-state index >= 15 is 0 Å². The van der Waals surface area contributed by atoms with Crippen molar-refractivity contribution in [3.63, 3.8) is 0 Å². The third-order valence-electron chi connectivity index (χ3n) is 5.16. The fraction of sp³-hybridized carbons (Fsp3) is 0.304. The Morgan fingerprint density at radius 2 is 1.74 bits per heavy atom. The highest BCUT2D eigenvalue weighted by molar-refractivity contribution is 5.66. The first-order valence-corrected chi connectivity index (χ1v) is 10.0. The number of benzene rings is 2. The number of rotatable bonds is 7. The zero-order valence-corrected chi connectivity index (χ0v) is 18.1. The van der Waals surface area contributed by atoms with Crippen molar-refractivity contribution in [3.8, 4) is 17.2 Å². The van der Waals surface area contributed by atoms with Crippen LogP contribution in [0.25, 0.3) is 0 Å². The molecule has 8 nitrogen and oxygen atoms in total. The molecule has 162 valence electrons. The molecule has 0 radical (unpaired) electrons. The summed E-state index contributed by atoms with van der Waals surface area (Å²) in [7, 11) is 4.73. The topological polar surface area (TPSA) is 78.0 Å². The molecule has 1 aliphatic rings. The number of hydroxylamine groups is 1. The van der Waals surface area contributed by atoms with Gasteiger partial charge in [0.05, 0.1) is 34.0 Å². The van der Waals surface area contributed by atoms with Crippen LogP contribution >= 0.6 is 0 Å². The highest BCUT2D eigenvalue weighted by Gasteiger charge is 2.30. The second kappa shape index (κ2) is 9.09. The summed E-state index contributed by atoms with van der Waals surface area (Å²) >= 11 is 0. The average Bonchev–Trinajstić information content (AvgIpc) is 3.30. The van der Waals surface area contributed by atoms with Gasteiger partial charge < -0.3 is 19.5 Å². The number of nitrogens with zero attached hydrogens (tertiary/aromatic N) is 3. The highest BCUT2D eigenvalue weighted by Crippen LogP contribution is 2.41. The number of ether oxygens (including phenoxy) is 3. The third kappa shape index (κ3) is 4.20. The second-order valence-corrected chi connectivity index (χ2v) is 7.11. The van der Waals surface area contributed by atoms with Gasteiger partial charge in [-0.15, -0.1) is 0 Å². The van der Waals surface area contributed by atoms with Crippen molar-refractivity contribution in [2.75, 3.05) is 38.3 Å². The first-order chi connectivity index (χ1) is 15.1. The lowest BCUT2D eigenvalue weighted by Gasteiger charge is -2.25. The van der Waals surface area contributed by atoms with E-state index in [2.05, 4.69) is 22.4 Å². The van der Waals surface area contributed by atoms with Gasteiger partial charge in [-0.1, -0.05) is 30.3 Å². The Kier molecular flexibility index (Phi) is 6.08. The van der Waals surface area contributed by atoms with E-state index in [-0.39, 0.29) is 6.04 Å². The fourth-order valence-electron chi connectivity index (χ4n) is 3.65. The van der Waals surface area contributed by atoms with E-state index in [1.807, 2.05) is 42.3 Å². The normalized spacial score (nSPS) is 15.6. The van der Waals surface area contributed by atoms with Gasteiger partial charge in [0.25, 0.3) is 0 Å². The number of methoxy groups -OCH3 is 3. The first-order valence-electron chi connectivity index (χ1n) is 10.0. The number of hydrogen-bond donors (Lipinski definition) is 1. The molecule has 1 aliphatic heterocycles. The Bertz CT molecular complexity index is 1020. The Morgan fingerprint density at radius 1 is 1.03 bits per heavy atom. The van der Waals surface area contributed by atoms with E-state index in [0.29, 0.717) is 35.5 Å². The van der Waals surface area contributed by atoms with Crippen LogP contribution in [0, 0.1) is 6.92 Å². The summed E-state index contributed by atoms with van der Waals surface area (Å²) in [4.78, 5) is 15.1. The number of nitrogens with one attached hydrogen (secondary N) is 1. The molecular weight excluding hydrogens is 396 g/mol. The molecule has 31 heavy (non-hydrogen) atoms. The van der Waals surface area contributed by atoms with Gasteiger partial charge >= 0.3 is 0 Å². The van der Waals surface area contributed by atoms with E-state index in [9.17, 15) is 0 Å². The van der Waals surface area contributed by atoms with Crippen LogP contribution in [0.4, 0.5) is 17.5 Å². The Hall–Kier alpha value is -3.52. The minimum atomic E-state index is 0.101. The number of hydrogen-bond acceptors (Lipinski definition) is 8. The van der Waals surface area contributed by atoms with Crippen LogP contribution in [0.5, 0.6) is 17.2 Å². The predicted molar refractivity (Wildman–Crippen MR) is 118 cm³/mol. The minimum Gasteiger partial charge on any atom is -0.493 e. The molecule has 1 fully saturated rings. The van der Waals surface area contributed by atoms with Gasteiger partial charge in [0, 0.05) is 36.0 Å².